The smallest absolute Gasteiger partial charge is 0.234 e. The molecule has 1 aliphatic rings. The molecule has 164 valence electrons. The highest BCUT2D eigenvalue weighted by atomic mass is 16.2. The molecular weight excluding hydrogens is 388 g/mol. The fraction of sp³-hybridized carbons (Fsp3) is 0.417. The number of imidazole rings is 1. The first-order valence-electron chi connectivity index (χ1n) is 11.1. The summed E-state index contributed by atoms with van der Waals surface area (Å²) in [6.45, 7) is 5.69. The van der Waals surface area contributed by atoms with Crippen molar-refractivity contribution in [3.63, 3.8) is 0 Å². The topological polar surface area (TPSA) is 67.5 Å². The van der Waals surface area contributed by atoms with Gasteiger partial charge in [0.25, 0.3) is 0 Å². The second-order valence-electron chi connectivity index (χ2n) is 8.15. The maximum atomic E-state index is 12.4. The average molecular weight is 421 g/mol. The minimum Gasteiger partial charge on any atom is -0.375 e. The third-order valence-corrected chi connectivity index (χ3v) is 5.82. The summed E-state index contributed by atoms with van der Waals surface area (Å²) in [5, 5.41) is 3.08. The van der Waals surface area contributed by atoms with Crippen molar-refractivity contribution in [1.29, 1.82) is 0 Å². The second kappa shape index (κ2) is 10.3. The highest BCUT2D eigenvalue weighted by Crippen LogP contribution is 2.18. The number of fused-ring (bicyclic) bond motifs is 1. The molecule has 1 aromatic heterocycles. The van der Waals surface area contributed by atoms with Crippen molar-refractivity contribution in [2.75, 3.05) is 62.7 Å². The molecule has 2 N–H and O–H groups in total. The predicted molar refractivity (Wildman–Crippen MR) is 127 cm³/mol. The summed E-state index contributed by atoms with van der Waals surface area (Å²) in [4.78, 5) is 27.3. The van der Waals surface area contributed by atoms with Gasteiger partial charge in [-0.1, -0.05) is 30.3 Å². The maximum Gasteiger partial charge on any atom is 0.234 e. The number of aromatic nitrogens is 2. The van der Waals surface area contributed by atoms with Crippen molar-refractivity contribution in [2.24, 2.45) is 0 Å². The van der Waals surface area contributed by atoms with Gasteiger partial charge in [-0.2, -0.15) is 0 Å². The molecule has 7 heteroatoms. The fourth-order valence-corrected chi connectivity index (χ4v) is 4.04. The number of nitrogens with one attached hydrogen (secondary N) is 2. The van der Waals surface area contributed by atoms with Crippen LogP contribution in [0.15, 0.2) is 54.6 Å². The monoisotopic (exact) mass is 420 g/mol. The number of hydrogen-bond donors (Lipinski definition) is 2. The van der Waals surface area contributed by atoms with Gasteiger partial charge in [-0.05, 0) is 37.1 Å². The van der Waals surface area contributed by atoms with E-state index in [0.717, 1.165) is 62.5 Å². The van der Waals surface area contributed by atoms with E-state index in [-0.39, 0.29) is 5.91 Å². The van der Waals surface area contributed by atoms with E-state index in [0.29, 0.717) is 13.1 Å². The van der Waals surface area contributed by atoms with Crippen LogP contribution in [0.5, 0.6) is 0 Å². The van der Waals surface area contributed by atoms with E-state index in [9.17, 15) is 4.79 Å². The fourth-order valence-electron chi connectivity index (χ4n) is 4.04. The Labute approximate surface area is 184 Å². The molecule has 1 saturated heterocycles. The van der Waals surface area contributed by atoms with Crippen molar-refractivity contribution in [2.45, 2.75) is 12.8 Å². The zero-order chi connectivity index (χ0) is 21.5. The number of H-pyrrole nitrogens is 1. The number of carbonyl (C=O) groups is 1. The van der Waals surface area contributed by atoms with E-state index in [2.05, 4.69) is 50.2 Å². The van der Waals surface area contributed by atoms with Crippen LogP contribution in [0.2, 0.25) is 0 Å². The Kier molecular flexibility index (Phi) is 7.04. The lowest BCUT2D eigenvalue weighted by molar-refractivity contribution is -0.122. The number of amides is 1. The van der Waals surface area contributed by atoms with Crippen LogP contribution in [0.4, 0.5) is 11.6 Å². The molecule has 2 heterocycles. The van der Waals surface area contributed by atoms with Crippen molar-refractivity contribution in [3.8, 4) is 0 Å². The molecule has 0 atom stereocenters. The molecule has 31 heavy (non-hydrogen) atoms. The molecule has 1 aliphatic heterocycles. The van der Waals surface area contributed by atoms with E-state index in [4.69, 9.17) is 4.98 Å². The Morgan fingerprint density at radius 1 is 1.06 bits per heavy atom. The summed E-state index contributed by atoms with van der Waals surface area (Å²) >= 11 is 0. The third-order valence-electron chi connectivity index (χ3n) is 5.82. The quantitative estimate of drug-likeness (QED) is 0.549. The van der Waals surface area contributed by atoms with Crippen LogP contribution in [0, 0.1) is 0 Å². The molecule has 1 fully saturated rings. The van der Waals surface area contributed by atoms with Crippen molar-refractivity contribution < 1.29 is 4.79 Å². The van der Waals surface area contributed by atoms with E-state index in [1.54, 1.807) is 0 Å². The van der Waals surface area contributed by atoms with Crippen molar-refractivity contribution in [3.05, 3.63) is 54.6 Å². The molecule has 0 bridgehead atoms. The summed E-state index contributed by atoms with van der Waals surface area (Å²) in [5.74, 6) is 1.04. The van der Waals surface area contributed by atoms with Gasteiger partial charge in [-0.3, -0.25) is 9.69 Å². The van der Waals surface area contributed by atoms with Gasteiger partial charge >= 0.3 is 0 Å². The van der Waals surface area contributed by atoms with Crippen LogP contribution in [-0.2, 0) is 4.79 Å². The van der Waals surface area contributed by atoms with Crippen LogP contribution in [0.25, 0.3) is 11.0 Å². The van der Waals surface area contributed by atoms with Crippen LogP contribution < -0.4 is 15.1 Å². The summed E-state index contributed by atoms with van der Waals surface area (Å²) in [6.07, 6.45) is 1.95. The lowest BCUT2D eigenvalue weighted by Gasteiger charge is -2.21. The number of nitrogens with zero attached hydrogens (tertiary/aromatic N) is 4. The standard InChI is InChI=1S/C24H32N6O/c1-28(20-9-3-2-4-10-20)14-7-13-25-23(31)19-29-15-8-16-30(18-17-29)24-26-21-11-5-6-12-22(21)27-24/h2-6,9-12H,7-8,13-19H2,1H3,(H,25,31)(H,26,27). The van der Waals surface area contributed by atoms with Crippen LogP contribution in [0.1, 0.15) is 12.8 Å². The largest absolute Gasteiger partial charge is 0.375 e. The first kappa shape index (κ1) is 21.2. The van der Waals surface area contributed by atoms with Crippen LogP contribution in [0.3, 0.4) is 0 Å². The third kappa shape index (κ3) is 5.76. The highest BCUT2D eigenvalue weighted by Gasteiger charge is 2.19. The van der Waals surface area contributed by atoms with E-state index in [1.165, 1.54) is 5.69 Å². The zero-order valence-electron chi connectivity index (χ0n) is 18.3. The highest BCUT2D eigenvalue weighted by molar-refractivity contribution is 5.78. The van der Waals surface area contributed by atoms with Gasteiger partial charge in [0, 0.05) is 52.0 Å². The molecule has 0 unspecified atom stereocenters. The Bertz CT molecular complexity index is 939. The van der Waals surface area contributed by atoms with Gasteiger partial charge in [0.2, 0.25) is 11.9 Å². The maximum absolute atomic E-state index is 12.4. The number of hydrogen-bond acceptors (Lipinski definition) is 5. The molecule has 0 radical (unpaired) electrons. The molecule has 4 rings (SSSR count). The van der Waals surface area contributed by atoms with Gasteiger partial charge in [0.1, 0.15) is 0 Å². The lowest BCUT2D eigenvalue weighted by Crippen LogP contribution is -2.40. The lowest BCUT2D eigenvalue weighted by atomic mass is 10.3. The zero-order valence-corrected chi connectivity index (χ0v) is 18.3. The summed E-state index contributed by atoms with van der Waals surface area (Å²) < 4.78 is 0. The molecule has 0 spiro atoms. The van der Waals surface area contributed by atoms with E-state index < -0.39 is 0 Å². The van der Waals surface area contributed by atoms with Gasteiger partial charge in [0.15, 0.2) is 0 Å². The van der Waals surface area contributed by atoms with Gasteiger partial charge in [-0.15, -0.1) is 0 Å². The number of anilines is 2. The SMILES string of the molecule is CN(CCCNC(=O)CN1CCCN(c2nc3ccccc3[nH]2)CC1)c1ccccc1. The van der Waals surface area contributed by atoms with Crippen molar-refractivity contribution >= 4 is 28.6 Å². The van der Waals surface area contributed by atoms with Crippen molar-refractivity contribution in [1.82, 2.24) is 20.2 Å². The molecule has 0 saturated carbocycles. The number of aromatic amines is 1. The first-order chi connectivity index (χ1) is 15.2. The van der Waals surface area contributed by atoms with Gasteiger partial charge in [-0.25, -0.2) is 4.98 Å². The van der Waals surface area contributed by atoms with Crippen LogP contribution in [-0.4, -0.2) is 73.6 Å². The number of benzene rings is 2. The first-order valence-corrected chi connectivity index (χ1v) is 11.1. The second-order valence-corrected chi connectivity index (χ2v) is 8.15. The summed E-state index contributed by atoms with van der Waals surface area (Å²) in [5.41, 5.74) is 3.26. The normalized spacial score (nSPS) is 15.1. The Balaban J connectivity index is 1.18. The van der Waals surface area contributed by atoms with Gasteiger partial charge < -0.3 is 20.1 Å². The minimum atomic E-state index is 0.111. The predicted octanol–water partition coefficient (Wildman–Crippen LogP) is 2.72. The number of carbonyl (C=O) groups excluding carboxylic acids is 1. The molecule has 1 amide bonds. The van der Waals surface area contributed by atoms with Crippen LogP contribution >= 0.6 is 0 Å². The molecule has 2 aromatic carbocycles. The molecule has 0 aliphatic carbocycles. The molecule has 7 nitrogen and oxygen atoms in total. The summed E-state index contributed by atoms with van der Waals surface area (Å²) in [7, 11) is 2.09. The summed E-state index contributed by atoms with van der Waals surface area (Å²) in [6, 6.07) is 18.4. The van der Waals surface area contributed by atoms with E-state index >= 15 is 0 Å². The Morgan fingerprint density at radius 2 is 1.87 bits per heavy atom. The Hall–Kier alpha value is -3.06. The molecule has 3 aromatic rings. The number of rotatable bonds is 8. The minimum absolute atomic E-state index is 0.111. The average Bonchev–Trinajstić information content (AvgIpc) is 3.10. The van der Waals surface area contributed by atoms with Gasteiger partial charge in [0.05, 0.1) is 17.6 Å². The number of para-hydroxylation sites is 3. The Morgan fingerprint density at radius 3 is 2.71 bits per heavy atom. The molecular formula is C24H32N6O. The van der Waals surface area contributed by atoms with E-state index in [1.807, 2.05) is 36.4 Å².